The summed E-state index contributed by atoms with van der Waals surface area (Å²) in [5.41, 5.74) is 3.19. The van der Waals surface area contributed by atoms with E-state index in [0.29, 0.717) is 11.5 Å². The zero-order valence-corrected chi connectivity index (χ0v) is 12.2. The third-order valence-corrected chi connectivity index (χ3v) is 4.93. The van der Waals surface area contributed by atoms with Gasteiger partial charge in [-0.3, -0.25) is 4.79 Å². The summed E-state index contributed by atoms with van der Waals surface area (Å²) in [6.07, 6.45) is 5.50. The molecule has 0 spiro atoms. The van der Waals surface area contributed by atoms with Crippen molar-refractivity contribution in [2.24, 2.45) is 5.92 Å². The number of ketones is 1. The summed E-state index contributed by atoms with van der Waals surface area (Å²) in [5, 5.41) is 0. The molecule has 1 aliphatic rings. The fraction of sp³-hybridized carbons (Fsp3) is 0.562. The van der Waals surface area contributed by atoms with E-state index in [1.54, 1.807) is 0 Å². The van der Waals surface area contributed by atoms with Crippen molar-refractivity contribution in [1.29, 1.82) is 0 Å². The Morgan fingerprint density at radius 2 is 2.00 bits per heavy atom. The molecular formula is C16H22OS. The van der Waals surface area contributed by atoms with E-state index in [1.165, 1.54) is 31.2 Å². The van der Waals surface area contributed by atoms with Gasteiger partial charge in [0.25, 0.3) is 0 Å². The SMILES string of the molecule is Cc1ccc(C)c(C(=O)CSCC2CCCC2)c1. The first-order valence-electron chi connectivity index (χ1n) is 6.85. The molecule has 2 heteroatoms. The van der Waals surface area contributed by atoms with Crippen molar-refractivity contribution in [1.82, 2.24) is 0 Å². The molecule has 0 aromatic heterocycles. The van der Waals surface area contributed by atoms with E-state index >= 15 is 0 Å². The van der Waals surface area contributed by atoms with Crippen LogP contribution in [-0.4, -0.2) is 17.3 Å². The standard InChI is InChI=1S/C16H22OS/c1-12-7-8-13(2)15(9-12)16(17)11-18-10-14-5-3-4-6-14/h7-9,14H,3-6,10-11H2,1-2H3. The Morgan fingerprint density at radius 3 is 2.72 bits per heavy atom. The van der Waals surface area contributed by atoms with Crippen molar-refractivity contribution in [3.8, 4) is 0 Å². The van der Waals surface area contributed by atoms with Gasteiger partial charge >= 0.3 is 0 Å². The van der Waals surface area contributed by atoms with Gasteiger partial charge in [-0.05, 0) is 50.0 Å². The molecule has 1 fully saturated rings. The third-order valence-electron chi connectivity index (χ3n) is 3.75. The summed E-state index contributed by atoms with van der Waals surface area (Å²) in [6, 6.07) is 6.13. The molecule has 1 saturated carbocycles. The minimum atomic E-state index is 0.291. The van der Waals surface area contributed by atoms with Gasteiger partial charge < -0.3 is 0 Å². The summed E-state index contributed by atoms with van der Waals surface area (Å²) >= 11 is 1.82. The maximum Gasteiger partial charge on any atom is 0.172 e. The van der Waals surface area contributed by atoms with Gasteiger partial charge in [-0.25, -0.2) is 0 Å². The molecule has 0 unspecified atom stereocenters. The van der Waals surface area contributed by atoms with E-state index in [4.69, 9.17) is 0 Å². The molecule has 0 radical (unpaired) electrons. The molecule has 1 aromatic rings. The molecule has 98 valence electrons. The summed E-state index contributed by atoms with van der Waals surface area (Å²) in [6.45, 7) is 4.07. The number of carbonyl (C=O) groups is 1. The van der Waals surface area contributed by atoms with Crippen LogP contribution in [0.2, 0.25) is 0 Å². The monoisotopic (exact) mass is 262 g/mol. The quantitative estimate of drug-likeness (QED) is 0.731. The normalized spacial score (nSPS) is 16.1. The summed E-state index contributed by atoms with van der Waals surface area (Å²) in [7, 11) is 0. The van der Waals surface area contributed by atoms with Crippen LogP contribution >= 0.6 is 11.8 Å². The predicted molar refractivity (Wildman–Crippen MR) is 79.5 cm³/mol. The average molecular weight is 262 g/mol. The maximum atomic E-state index is 12.2. The van der Waals surface area contributed by atoms with Crippen LogP contribution in [0.4, 0.5) is 0 Å². The predicted octanol–water partition coefficient (Wildman–Crippen LogP) is 4.41. The number of rotatable bonds is 5. The Morgan fingerprint density at radius 1 is 1.28 bits per heavy atom. The van der Waals surface area contributed by atoms with Gasteiger partial charge in [-0.2, -0.15) is 11.8 Å². The van der Waals surface area contributed by atoms with Crippen molar-refractivity contribution in [2.45, 2.75) is 39.5 Å². The highest BCUT2D eigenvalue weighted by Crippen LogP contribution is 2.28. The lowest BCUT2D eigenvalue weighted by molar-refractivity contribution is 0.102. The third kappa shape index (κ3) is 3.61. The van der Waals surface area contributed by atoms with E-state index in [1.807, 2.05) is 37.7 Å². The second-order valence-electron chi connectivity index (χ2n) is 5.41. The fourth-order valence-electron chi connectivity index (χ4n) is 2.61. The van der Waals surface area contributed by atoms with Crippen LogP contribution in [-0.2, 0) is 0 Å². The van der Waals surface area contributed by atoms with Gasteiger partial charge in [0, 0.05) is 5.56 Å². The Labute approximate surface area is 114 Å². The lowest BCUT2D eigenvalue weighted by Gasteiger charge is -2.09. The molecule has 0 atom stereocenters. The number of carbonyl (C=O) groups excluding carboxylic acids is 1. The first kappa shape index (κ1) is 13.7. The first-order chi connectivity index (χ1) is 8.66. The topological polar surface area (TPSA) is 17.1 Å². The van der Waals surface area contributed by atoms with Gasteiger partial charge in [0.05, 0.1) is 5.75 Å². The van der Waals surface area contributed by atoms with Crippen LogP contribution in [0, 0.1) is 19.8 Å². The fourth-order valence-corrected chi connectivity index (χ4v) is 3.73. The van der Waals surface area contributed by atoms with Gasteiger partial charge in [0.15, 0.2) is 5.78 Å². The molecule has 0 aliphatic heterocycles. The van der Waals surface area contributed by atoms with Crippen LogP contribution in [0.5, 0.6) is 0 Å². The molecule has 0 N–H and O–H groups in total. The Hall–Kier alpha value is -0.760. The van der Waals surface area contributed by atoms with Crippen LogP contribution in [0.25, 0.3) is 0 Å². The van der Waals surface area contributed by atoms with Gasteiger partial charge in [0.1, 0.15) is 0 Å². The van der Waals surface area contributed by atoms with Gasteiger partial charge in [0.2, 0.25) is 0 Å². The Bertz CT molecular complexity index is 419. The molecule has 0 amide bonds. The lowest BCUT2D eigenvalue weighted by Crippen LogP contribution is -2.07. The lowest BCUT2D eigenvalue weighted by atomic mass is 10.0. The number of benzene rings is 1. The highest BCUT2D eigenvalue weighted by atomic mass is 32.2. The first-order valence-corrected chi connectivity index (χ1v) is 8.00. The van der Waals surface area contributed by atoms with Crippen molar-refractivity contribution in [2.75, 3.05) is 11.5 Å². The Balaban J connectivity index is 1.85. The van der Waals surface area contributed by atoms with Gasteiger partial charge in [-0.15, -0.1) is 0 Å². The minimum absolute atomic E-state index is 0.291. The summed E-state index contributed by atoms with van der Waals surface area (Å²) in [4.78, 5) is 12.2. The molecular weight excluding hydrogens is 240 g/mol. The molecule has 0 saturated heterocycles. The van der Waals surface area contributed by atoms with Crippen LogP contribution in [0.15, 0.2) is 18.2 Å². The summed E-state index contributed by atoms with van der Waals surface area (Å²) in [5.74, 6) is 2.96. The summed E-state index contributed by atoms with van der Waals surface area (Å²) < 4.78 is 0. The van der Waals surface area contributed by atoms with Crippen molar-refractivity contribution >= 4 is 17.5 Å². The molecule has 1 aromatic carbocycles. The van der Waals surface area contributed by atoms with E-state index < -0.39 is 0 Å². The van der Waals surface area contributed by atoms with Crippen molar-refractivity contribution < 1.29 is 4.79 Å². The molecule has 0 heterocycles. The largest absolute Gasteiger partial charge is 0.293 e. The number of thioether (sulfide) groups is 1. The van der Waals surface area contributed by atoms with Crippen molar-refractivity contribution in [3.05, 3.63) is 34.9 Å². The van der Waals surface area contributed by atoms with Crippen molar-refractivity contribution in [3.63, 3.8) is 0 Å². The molecule has 2 rings (SSSR count). The number of hydrogen-bond donors (Lipinski definition) is 0. The highest BCUT2D eigenvalue weighted by molar-refractivity contribution is 7.99. The van der Waals surface area contributed by atoms with Crippen LogP contribution < -0.4 is 0 Å². The van der Waals surface area contributed by atoms with E-state index in [-0.39, 0.29) is 0 Å². The molecule has 18 heavy (non-hydrogen) atoms. The average Bonchev–Trinajstić information content (AvgIpc) is 2.85. The van der Waals surface area contributed by atoms with E-state index in [2.05, 4.69) is 6.07 Å². The molecule has 1 nitrogen and oxygen atoms in total. The minimum Gasteiger partial charge on any atom is -0.293 e. The Kier molecular flexibility index (Phi) is 4.87. The second-order valence-corrected chi connectivity index (χ2v) is 6.44. The number of hydrogen-bond acceptors (Lipinski definition) is 2. The van der Waals surface area contributed by atoms with Gasteiger partial charge in [-0.1, -0.05) is 30.5 Å². The molecule has 1 aliphatic carbocycles. The second kappa shape index (κ2) is 6.42. The van der Waals surface area contributed by atoms with Crippen LogP contribution in [0.1, 0.15) is 47.2 Å². The molecule has 0 bridgehead atoms. The number of aryl methyl sites for hydroxylation is 2. The maximum absolute atomic E-state index is 12.2. The zero-order chi connectivity index (χ0) is 13.0. The van der Waals surface area contributed by atoms with E-state index in [0.717, 1.165) is 22.8 Å². The van der Waals surface area contributed by atoms with E-state index in [9.17, 15) is 4.79 Å². The van der Waals surface area contributed by atoms with Crippen LogP contribution in [0.3, 0.4) is 0 Å². The zero-order valence-electron chi connectivity index (χ0n) is 11.4. The smallest absolute Gasteiger partial charge is 0.172 e. The number of Topliss-reactive ketones (excluding diaryl/α,β-unsaturated/α-hetero) is 1. The highest BCUT2D eigenvalue weighted by Gasteiger charge is 2.16.